The van der Waals surface area contributed by atoms with Gasteiger partial charge in [-0.05, 0) is 31.2 Å². The zero-order valence-electron chi connectivity index (χ0n) is 9.57. The minimum atomic E-state index is 0.836. The van der Waals surface area contributed by atoms with Gasteiger partial charge in [-0.3, -0.25) is 4.31 Å². The number of nitrogen functional groups attached to an aromatic ring is 1. The standard InChI is InChI=1S/C12H20N2S/c1-3-4-9-14(2)15-10-11-5-7-12(13)8-6-11/h5-8H,3-4,9-10,13H2,1-2H3. The summed E-state index contributed by atoms with van der Waals surface area (Å²) in [5, 5.41) is 0. The summed E-state index contributed by atoms with van der Waals surface area (Å²) in [7, 11) is 2.15. The van der Waals surface area contributed by atoms with Crippen LogP contribution in [0.2, 0.25) is 0 Å². The van der Waals surface area contributed by atoms with Crippen molar-refractivity contribution in [3.05, 3.63) is 29.8 Å². The largest absolute Gasteiger partial charge is 0.399 e. The first-order valence-corrected chi connectivity index (χ1v) is 6.35. The maximum absolute atomic E-state index is 5.63. The Labute approximate surface area is 97.0 Å². The van der Waals surface area contributed by atoms with Crippen molar-refractivity contribution in [2.24, 2.45) is 0 Å². The monoisotopic (exact) mass is 224 g/mol. The van der Waals surface area contributed by atoms with Crippen molar-refractivity contribution in [3.63, 3.8) is 0 Å². The summed E-state index contributed by atoms with van der Waals surface area (Å²) in [5.74, 6) is 1.03. The van der Waals surface area contributed by atoms with E-state index in [9.17, 15) is 0 Å². The molecule has 2 N–H and O–H groups in total. The second-order valence-electron chi connectivity index (χ2n) is 3.72. The van der Waals surface area contributed by atoms with Gasteiger partial charge in [-0.15, -0.1) is 0 Å². The Morgan fingerprint density at radius 3 is 2.53 bits per heavy atom. The summed E-state index contributed by atoms with van der Waals surface area (Å²) in [6.45, 7) is 3.38. The minimum Gasteiger partial charge on any atom is -0.399 e. The number of unbranched alkanes of at least 4 members (excludes halogenated alkanes) is 1. The molecule has 0 aliphatic rings. The van der Waals surface area contributed by atoms with Gasteiger partial charge < -0.3 is 5.73 Å². The lowest BCUT2D eigenvalue weighted by molar-refractivity contribution is 0.537. The van der Waals surface area contributed by atoms with Gasteiger partial charge in [0.05, 0.1) is 0 Å². The molecule has 0 bridgehead atoms. The van der Waals surface area contributed by atoms with Crippen molar-refractivity contribution < 1.29 is 0 Å². The van der Waals surface area contributed by atoms with Crippen molar-refractivity contribution in [2.75, 3.05) is 19.3 Å². The van der Waals surface area contributed by atoms with E-state index in [1.54, 1.807) is 0 Å². The first-order valence-electron chi connectivity index (χ1n) is 5.41. The fourth-order valence-corrected chi connectivity index (χ4v) is 2.06. The van der Waals surface area contributed by atoms with E-state index in [0.29, 0.717) is 0 Å². The third-order valence-electron chi connectivity index (χ3n) is 2.26. The number of rotatable bonds is 6. The van der Waals surface area contributed by atoms with Crippen LogP contribution in [0.3, 0.4) is 0 Å². The molecule has 0 aromatic heterocycles. The smallest absolute Gasteiger partial charge is 0.0332 e. The minimum absolute atomic E-state index is 0.836. The molecule has 0 heterocycles. The normalized spacial score (nSPS) is 10.9. The Kier molecular flexibility index (Phi) is 5.58. The number of anilines is 1. The molecule has 0 aliphatic heterocycles. The molecule has 1 aromatic carbocycles. The fraction of sp³-hybridized carbons (Fsp3) is 0.500. The third kappa shape index (κ3) is 5.09. The van der Waals surface area contributed by atoms with Gasteiger partial charge in [-0.25, -0.2) is 0 Å². The first-order chi connectivity index (χ1) is 7.22. The Morgan fingerprint density at radius 1 is 1.27 bits per heavy atom. The topological polar surface area (TPSA) is 29.3 Å². The van der Waals surface area contributed by atoms with Gasteiger partial charge in [0.15, 0.2) is 0 Å². The number of hydrogen-bond acceptors (Lipinski definition) is 3. The van der Waals surface area contributed by atoms with E-state index >= 15 is 0 Å². The Morgan fingerprint density at radius 2 is 1.93 bits per heavy atom. The highest BCUT2D eigenvalue weighted by Gasteiger charge is 1.99. The van der Waals surface area contributed by atoms with E-state index in [4.69, 9.17) is 5.73 Å². The molecule has 0 atom stereocenters. The van der Waals surface area contributed by atoms with E-state index in [0.717, 1.165) is 18.0 Å². The summed E-state index contributed by atoms with van der Waals surface area (Å²) in [5.41, 5.74) is 7.80. The lowest BCUT2D eigenvalue weighted by Gasteiger charge is -2.14. The molecule has 0 aliphatic carbocycles. The highest BCUT2D eigenvalue weighted by molar-refractivity contribution is 7.96. The molecule has 0 radical (unpaired) electrons. The summed E-state index contributed by atoms with van der Waals surface area (Å²) in [6, 6.07) is 8.11. The molecular formula is C12H20N2S. The molecule has 84 valence electrons. The average molecular weight is 224 g/mol. The average Bonchev–Trinajstić information content (AvgIpc) is 2.25. The molecular weight excluding hydrogens is 204 g/mol. The molecule has 0 unspecified atom stereocenters. The van der Waals surface area contributed by atoms with Gasteiger partial charge in [-0.2, -0.15) is 0 Å². The summed E-state index contributed by atoms with van der Waals surface area (Å²) in [6.07, 6.45) is 2.53. The SMILES string of the molecule is CCCCN(C)SCc1ccc(N)cc1. The maximum atomic E-state index is 5.63. The molecule has 0 spiro atoms. The molecule has 0 fully saturated rings. The third-order valence-corrected chi connectivity index (χ3v) is 3.34. The van der Waals surface area contributed by atoms with Crippen molar-refractivity contribution in [1.82, 2.24) is 4.31 Å². The molecule has 0 saturated carbocycles. The summed E-state index contributed by atoms with van der Waals surface area (Å²) >= 11 is 1.87. The van der Waals surface area contributed by atoms with E-state index in [1.807, 2.05) is 24.1 Å². The second-order valence-corrected chi connectivity index (χ2v) is 4.89. The van der Waals surface area contributed by atoms with Crippen molar-refractivity contribution >= 4 is 17.6 Å². The van der Waals surface area contributed by atoms with Gasteiger partial charge in [0.2, 0.25) is 0 Å². The molecule has 0 amide bonds. The molecule has 1 aromatic rings. The van der Waals surface area contributed by atoms with Crippen LogP contribution < -0.4 is 5.73 Å². The number of benzene rings is 1. The zero-order chi connectivity index (χ0) is 11.1. The van der Waals surface area contributed by atoms with Gasteiger partial charge in [0.1, 0.15) is 0 Å². The summed E-state index contributed by atoms with van der Waals surface area (Å²) in [4.78, 5) is 0. The molecule has 1 rings (SSSR count). The molecule has 15 heavy (non-hydrogen) atoms. The van der Waals surface area contributed by atoms with E-state index in [-0.39, 0.29) is 0 Å². The Bertz CT molecular complexity index is 271. The van der Waals surface area contributed by atoms with Crippen LogP contribution in [0.25, 0.3) is 0 Å². The fourth-order valence-electron chi connectivity index (χ4n) is 1.24. The van der Waals surface area contributed by atoms with Crippen LogP contribution in [0, 0.1) is 0 Å². The predicted octanol–water partition coefficient (Wildman–Crippen LogP) is 3.15. The second kappa shape index (κ2) is 6.75. The van der Waals surface area contributed by atoms with Crippen molar-refractivity contribution in [3.8, 4) is 0 Å². The van der Waals surface area contributed by atoms with Crippen molar-refractivity contribution in [1.29, 1.82) is 0 Å². The Hall–Kier alpha value is -0.670. The lowest BCUT2D eigenvalue weighted by atomic mass is 10.2. The summed E-state index contributed by atoms with van der Waals surface area (Å²) < 4.78 is 2.31. The van der Waals surface area contributed by atoms with Gasteiger partial charge in [0, 0.05) is 18.0 Å². The highest BCUT2D eigenvalue weighted by atomic mass is 32.2. The van der Waals surface area contributed by atoms with E-state index in [1.165, 1.54) is 18.4 Å². The first kappa shape index (κ1) is 12.4. The van der Waals surface area contributed by atoms with E-state index in [2.05, 4.69) is 30.4 Å². The van der Waals surface area contributed by atoms with Crippen LogP contribution >= 0.6 is 11.9 Å². The molecule has 2 nitrogen and oxygen atoms in total. The maximum Gasteiger partial charge on any atom is 0.0332 e. The predicted molar refractivity (Wildman–Crippen MR) is 69.7 cm³/mol. The van der Waals surface area contributed by atoms with Crippen LogP contribution in [0.15, 0.2) is 24.3 Å². The van der Waals surface area contributed by atoms with Crippen LogP contribution in [-0.2, 0) is 5.75 Å². The van der Waals surface area contributed by atoms with Gasteiger partial charge >= 0.3 is 0 Å². The van der Waals surface area contributed by atoms with Crippen LogP contribution in [0.4, 0.5) is 5.69 Å². The number of nitrogens with zero attached hydrogens (tertiary/aromatic N) is 1. The van der Waals surface area contributed by atoms with Crippen LogP contribution in [-0.4, -0.2) is 17.9 Å². The zero-order valence-corrected chi connectivity index (χ0v) is 10.4. The van der Waals surface area contributed by atoms with Crippen LogP contribution in [0.5, 0.6) is 0 Å². The molecule has 0 saturated heterocycles. The lowest BCUT2D eigenvalue weighted by Crippen LogP contribution is -2.10. The van der Waals surface area contributed by atoms with Crippen LogP contribution in [0.1, 0.15) is 25.3 Å². The van der Waals surface area contributed by atoms with E-state index < -0.39 is 0 Å². The molecule has 3 heteroatoms. The number of nitrogens with two attached hydrogens (primary N) is 1. The quantitative estimate of drug-likeness (QED) is 0.594. The highest BCUT2D eigenvalue weighted by Crippen LogP contribution is 2.16. The van der Waals surface area contributed by atoms with Gasteiger partial charge in [0.25, 0.3) is 0 Å². The number of hydrogen-bond donors (Lipinski definition) is 1. The van der Waals surface area contributed by atoms with Gasteiger partial charge in [-0.1, -0.05) is 37.4 Å². The van der Waals surface area contributed by atoms with Crippen molar-refractivity contribution in [2.45, 2.75) is 25.5 Å². The Balaban J connectivity index is 2.27.